The maximum Gasteiger partial charge on any atom is 0.153 e. The van der Waals surface area contributed by atoms with E-state index < -0.39 is 9.84 Å². The Kier molecular flexibility index (Phi) is 3.49. The highest BCUT2D eigenvalue weighted by atomic mass is 32.2. The van der Waals surface area contributed by atoms with Crippen molar-refractivity contribution in [1.82, 2.24) is 4.90 Å². The molecule has 1 aliphatic heterocycles. The predicted molar refractivity (Wildman–Crippen MR) is 61.1 cm³/mol. The molecule has 1 saturated heterocycles. The minimum Gasteiger partial charge on any atom is -0.392 e. The normalized spacial score (nSPS) is 29.7. The molecule has 6 heteroatoms. The lowest BCUT2D eigenvalue weighted by Crippen LogP contribution is -2.54. The van der Waals surface area contributed by atoms with E-state index in [2.05, 4.69) is 0 Å². The first-order valence-electron chi connectivity index (χ1n) is 4.59. The summed E-state index contributed by atoms with van der Waals surface area (Å²) in [6.07, 6.45) is 0. The lowest BCUT2D eigenvalue weighted by Gasteiger charge is -2.37. The zero-order valence-corrected chi connectivity index (χ0v) is 10.1. The van der Waals surface area contributed by atoms with Crippen molar-refractivity contribution < 1.29 is 8.42 Å². The summed E-state index contributed by atoms with van der Waals surface area (Å²) in [4.78, 5) is 2.47. The third kappa shape index (κ3) is 2.65. The maximum atomic E-state index is 11.3. The summed E-state index contributed by atoms with van der Waals surface area (Å²) in [6.45, 7) is 4.34. The molecule has 1 heterocycles. The Labute approximate surface area is 90.4 Å². The van der Waals surface area contributed by atoms with Gasteiger partial charge in [0.25, 0.3) is 0 Å². The average Bonchev–Trinajstić information content (AvgIpc) is 2.01. The molecule has 0 bridgehead atoms. The van der Waals surface area contributed by atoms with E-state index >= 15 is 0 Å². The van der Waals surface area contributed by atoms with Gasteiger partial charge in [0.1, 0.15) is 0 Å². The Hall–Kier alpha value is -0.200. The molecule has 1 rings (SSSR count). The Balaban J connectivity index is 2.72. The molecule has 14 heavy (non-hydrogen) atoms. The first-order chi connectivity index (χ1) is 6.33. The molecule has 2 unspecified atom stereocenters. The number of sulfone groups is 1. The van der Waals surface area contributed by atoms with Gasteiger partial charge in [-0.1, -0.05) is 12.2 Å². The monoisotopic (exact) mass is 236 g/mol. The zero-order chi connectivity index (χ0) is 10.9. The van der Waals surface area contributed by atoms with E-state index in [4.69, 9.17) is 18.0 Å². The van der Waals surface area contributed by atoms with E-state index in [1.807, 2.05) is 18.7 Å². The van der Waals surface area contributed by atoms with Crippen LogP contribution in [0.4, 0.5) is 0 Å². The van der Waals surface area contributed by atoms with Crippen LogP contribution in [0.5, 0.6) is 0 Å². The van der Waals surface area contributed by atoms with E-state index in [1.165, 1.54) is 0 Å². The average molecular weight is 236 g/mol. The van der Waals surface area contributed by atoms with Gasteiger partial charge >= 0.3 is 0 Å². The molecule has 0 aromatic carbocycles. The fraction of sp³-hybridized carbons (Fsp3) is 0.875. The van der Waals surface area contributed by atoms with E-state index in [9.17, 15) is 8.42 Å². The number of nitrogens with two attached hydrogens (primary N) is 1. The van der Waals surface area contributed by atoms with Crippen LogP contribution in [-0.4, -0.2) is 48.4 Å². The summed E-state index contributed by atoms with van der Waals surface area (Å²) in [5.74, 6) is 0.421. The molecule has 82 valence electrons. The van der Waals surface area contributed by atoms with Gasteiger partial charge < -0.3 is 5.73 Å². The van der Waals surface area contributed by atoms with Gasteiger partial charge in [-0.25, -0.2) is 8.42 Å². The van der Waals surface area contributed by atoms with Gasteiger partial charge in [-0.05, 0) is 13.8 Å². The number of rotatable bonds is 2. The Morgan fingerprint density at radius 3 is 2.64 bits per heavy atom. The molecule has 1 aliphatic rings. The van der Waals surface area contributed by atoms with Crippen LogP contribution >= 0.6 is 12.2 Å². The van der Waals surface area contributed by atoms with Gasteiger partial charge in [-0.15, -0.1) is 0 Å². The highest BCUT2D eigenvalue weighted by molar-refractivity contribution is 7.91. The zero-order valence-electron chi connectivity index (χ0n) is 8.43. The fourth-order valence-corrected chi connectivity index (χ4v) is 3.47. The van der Waals surface area contributed by atoms with Crippen LogP contribution in [0.3, 0.4) is 0 Å². The van der Waals surface area contributed by atoms with Crippen molar-refractivity contribution in [3.63, 3.8) is 0 Å². The highest BCUT2D eigenvalue weighted by Gasteiger charge is 2.31. The van der Waals surface area contributed by atoms with Gasteiger partial charge in [0.05, 0.1) is 22.5 Å². The lowest BCUT2D eigenvalue weighted by molar-refractivity contribution is 0.208. The Morgan fingerprint density at radius 1 is 1.64 bits per heavy atom. The molecule has 2 atom stereocenters. The molecular weight excluding hydrogens is 220 g/mol. The molecule has 1 fully saturated rings. The van der Waals surface area contributed by atoms with Crippen molar-refractivity contribution in [2.75, 3.05) is 18.1 Å². The summed E-state index contributed by atoms with van der Waals surface area (Å²) >= 11 is 4.90. The van der Waals surface area contributed by atoms with E-state index in [0.29, 0.717) is 11.5 Å². The van der Waals surface area contributed by atoms with Crippen LogP contribution in [0.2, 0.25) is 0 Å². The molecule has 0 aromatic rings. The van der Waals surface area contributed by atoms with Gasteiger partial charge in [0, 0.05) is 12.6 Å². The van der Waals surface area contributed by atoms with Gasteiger partial charge in [0.2, 0.25) is 0 Å². The summed E-state index contributed by atoms with van der Waals surface area (Å²) in [5, 5.41) is 0. The Morgan fingerprint density at radius 2 is 2.21 bits per heavy atom. The van der Waals surface area contributed by atoms with Crippen LogP contribution in [0.15, 0.2) is 0 Å². The largest absolute Gasteiger partial charge is 0.392 e. The number of hydrogen-bond donors (Lipinski definition) is 1. The third-order valence-corrected chi connectivity index (χ3v) is 4.77. The van der Waals surface area contributed by atoms with Gasteiger partial charge in [-0.2, -0.15) is 0 Å². The number of nitrogens with zero attached hydrogens (tertiary/aromatic N) is 1. The predicted octanol–water partition coefficient (Wildman–Crippen LogP) is -0.220. The Bertz CT molecular complexity index is 326. The quantitative estimate of drug-likeness (QED) is 0.672. The van der Waals surface area contributed by atoms with Gasteiger partial charge in [0.15, 0.2) is 9.84 Å². The highest BCUT2D eigenvalue weighted by Crippen LogP contribution is 2.14. The van der Waals surface area contributed by atoms with Crippen LogP contribution < -0.4 is 5.73 Å². The third-order valence-electron chi connectivity index (χ3n) is 2.63. The summed E-state index contributed by atoms with van der Waals surface area (Å²) in [5.41, 5.74) is 5.54. The van der Waals surface area contributed by atoms with E-state index in [1.54, 1.807) is 0 Å². The second-order valence-electron chi connectivity index (χ2n) is 3.78. The lowest BCUT2D eigenvalue weighted by atomic mass is 10.2. The molecule has 4 nitrogen and oxygen atoms in total. The minimum atomic E-state index is -2.85. The maximum absolute atomic E-state index is 11.3. The molecule has 0 aromatic heterocycles. The minimum absolute atomic E-state index is 0.00486. The first kappa shape index (κ1) is 11.9. The van der Waals surface area contributed by atoms with Crippen LogP contribution in [-0.2, 0) is 9.84 Å². The first-order valence-corrected chi connectivity index (χ1v) is 6.82. The topological polar surface area (TPSA) is 63.4 Å². The second kappa shape index (κ2) is 4.12. The molecule has 2 N–H and O–H groups in total. The van der Waals surface area contributed by atoms with Crippen molar-refractivity contribution in [3.8, 4) is 0 Å². The van der Waals surface area contributed by atoms with Crippen molar-refractivity contribution >= 4 is 27.0 Å². The molecule has 0 saturated carbocycles. The van der Waals surface area contributed by atoms with Crippen molar-refractivity contribution in [2.45, 2.75) is 25.9 Å². The summed E-state index contributed by atoms with van der Waals surface area (Å²) in [7, 11) is -2.85. The second-order valence-corrected chi connectivity index (χ2v) is 6.48. The molecule has 0 aliphatic carbocycles. The molecular formula is C8H16N2O2S2. The van der Waals surface area contributed by atoms with Gasteiger partial charge in [-0.3, -0.25) is 4.90 Å². The fourth-order valence-electron chi connectivity index (χ4n) is 1.75. The summed E-state index contributed by atoms with van der Waals surface area (Å²) in [6, 6.07) is -0.0132. The standard InChI is InChI=1S/C8H16N2O2S2/c1-6-5-14(11,12)4-3-10(6)7(2)8(9)13/h6-7H,3-5H2,1-2H3,(H2,9,13). The SMILES string of the molecule is CC1CS(=O)(=O)CCN1C(C)C(N)=S. The molecule has 0 spiro atoms. The molecule has 0 amide bonds. The van der Waals surface area contributed by atoms with Crippen molar-refractivity contribution in [2.24, 2.45) is 5.73 Å². The number of thiocarbonyl (C=S) groups is 1. The van der Waals surface area contributed by atoms with Crippen LogP contribution in [0, 0.1) is 0 Å². The van der Waals surface area contributed by atoms with E-state index in [0.717, 1.165) is 0 Å². The van der Waals surface area contributed by atoms with Crippen molar-refractivity contribution in [1.29, 1.82) is 0 Å². The van der Waals surface area contributed by atoms with E-state index in [-0.39, 0.29) is 23.6 Å². The number of hydrogen-bond acceptors (Lipinski definition) is 4. The molecule has 0 radical (unpaired) electrons. The smallest absolute Gasteiger partial charge is 0.153 e. The van der Waals surface area contributed by atoms with Crippen LogP contribution in [0.25, 0.3) is 0 Å². The van der Waals surface area contributed by atoms with Crippen LogP contribution in [0.1, 0.15) is 13.8 Å². The summed E-state index contributed by atoms with van der Waals surface area (Å²) < 4.78 is 22.6. The van der Waals surface area contributed by atoms with Crippen molar-refractivity contribution in [3.05, 3.63) is 0 Å².